The van der Waals surface area contributed by atoms with E-state index in [1.165, 1.54) is 0 Å². The number of benzene rings is 2. The second-order valence-electron chi connectivity index (χ2n) is 6.73. The molecule has 0 spiro atoms. The molecule has 2 N–H and O–H groups in total. The second-order valence-corrected chi connectivity index (χ2v) is 8.25. The second kappa shape index (κ2) is 8.13. The minimum Gasteiger partial charge on any atom is -0.748 e. The third-order valence-electron chi connectivity index (χ3n) is 4.64. The Morgan fingerprint density at radius 2 is 1.90 bits per heavy atom. The monoisotopic (exact) mass is 425 g/mol. The minimum absolute atomic E-state index is 0.0799. The Hall–Kier alpha value is -3.43. The number of para-hydroxylation sites is 3. The number of amides is 1. The fraction of sp³-hybridized carbons (Fsp3) is 0.143. The first-order valence-corrected chi connectivity index (χ1v) is 10.8. The molecule has 8 nitrogen and oxygen atoms in total. The van der Waals surface area contributed by atoms with Crippen LogP contribution in [0.15, 0.2) is 59.1 Å². The predicted molar refractivity (Wildman–Crippen MR) is 111 cm³/mol. The summed E-state index contributed by atoms with van der Waals surface area (Å²) in [6.45, 7) is -0.314. The van der Waals surface area contributed by atoms with Crippen molar-refractivity contribution in [3.63, 3.8) is 0 Å². The van der Waals surface area contributed by atoms with Crippen molar-refractivity contribution in [2.45, 2.75) is 6.54 Å². The molecular formula is C21H19N3O5S. The van der Waals surface area contributed by atoms with Crippen LogP contribution in [0.3, 0.4) is 0 Å². The van der Waals surface area contributed by atoms with Gasteiger partial charge in [-0.1, -0.05) is 30.3 Å². The lowest BCUT2D eigenvalue weighted by atomic mass is 10.1. The van der Waals surface area contributed by atoms with E-state index in [1.807, 2.05) is 54.7 Å². The van der Waals surface area contributed by atoms with Gasteiger partial charge in [0.1, 0.15) is 0 Å². The molecular weight excluding hydrogens is 406 g/mol. The van der Waals surface area contributed by atoms with Crippen molar-refractivity contribution in [1.29, 1.82) is 0 Å². The van der Waals surface area contributed by atoms with Crippen LogP contribution in [0.4, 0.5) is 0 Å². The van der Waals surface area contributed by atoms with Crippen molar-refractivity contribution in [2.75, 3.05) is 12.3 Å². The third kappa shape index (κ3) is 4.42. The Balaban J connectivity index is 1.61. The number of nitrogens with zero attached hydrogens (tertiary/aromatic N) is 1. The number of aromatic amines is 1. The molecule has 2 heterocycles. The number of oxazole rings is 1. The predicted octanol–water partition coefficient (Wildman–Crippen LogP) is 2.03. The average molecular weight is 425 g/mol. The van der Waals surface area contributed by atoms with E-state index in [-0.39, 0.29) is 13.1 Å². The lowest BCUT2D eigenvalue weighted by molar-refractivity contribution is -0.665. The van der Waals surface area contributed by atoms with Crippen LogP contribution in [0.2, 0.25) is 0 Å². The lowest BCUT2D eigenvalue weighted by Crippen LogP contribution is -2.44. The molecule has 30 heavy (non-hydrogen) atoms. The fourth-order valence-corrected chi connectivity index (χ4v) is 3.60. The molecule has 0 fully saturated rings. The average Bonchev–Trinajstić information content (AvgIpc) is 3.27. The van der Waals surface area contributed by atoms with E-state index >= 15 is 0 Å². The number of fused-ring (bicyclic) bond motifs is 2. The SMILES string of the molecule is O=C(C[n+]1c(C=Cc2c[nH]c3ccccc23)oc2ccccc21)NCCS(=O)(=O)[O-]. The van der Waals surface area contributed by atoms with Crippen molar-refractivity contribution in [3.8, 4) is 0 Å². The van der Waals surface area contributed by atoms with E-state index < -0.39 is 21.8 Å². The smallest absolute Gasteiger partial charge is 0.374 e. The summed E-state index contributed by atoms with van der Waals surface area (Å²) in [6, 6.07) is 15.2. The highest BCUT2D eigenvalue weighted by atomic mass is 32.2. The Kier molecular flexibility index (Phi) is 5.39. The number of carbonyl (C=O) groups excluding carboxylic acids is 1. The van der Waals surface area contributed by atoms with Crippen molar-refractivity contribution in [3.05, 3.63) is 66.2 Å². The van der Waals surface area contributed by atoms with Gasteiger partial charge in [0.25, 0.3) is 11.4 Å². The number of H-pyrrole nitrogens is 1. The van der Waals surface area contributed by atoms with Crippen LogP contribution in [0.1, 0.15) is 11.5 Å². The van der Waals surface area contributed by atoms with E-state index in [0.29, 0.717) is 11.5 Å². The van der Waals surface area contributed by atoms with Gasteiger partial charge in [-0.3, -0.25) is 4.79 Å². The summed E-state index contributed by atoms with van der Waals surface area (Å²) in [5, 5.41) is 3.52. The molecule has 0 aliphatic heterocycles. The number of hydrogen-bond donors (Lipinski definition) is 2. The summed E-state index contributed by atoms with van der Waals surface area (Å²) in [5.41, 5.74) is 3.33. The maximum atomic E-state index is 12.3. The number of rotatable bonds is 7. The third-order valence-corrected chi connectivity index (χ3v) is 5.34. The Morgan fingerprint density at radius 3 is 2.73 bits per heavy atom. The maximum absolute atomic E-state index is 12.3. The zero-order valence-electron chi connectivity index (χ0n) is 15.9. The minimum atomic E-state index is -4.38. The Labute approximate surface area is 172 Å². The molecule has 2 aromatic carbocycles. The molecule has 0 bridgehead atoms. The highest BCUT2D eigenvalue weighted by molar-refractivity contribution is 7.85. The number of nitrogens with one attached hydrogen (secondary N) is 2. The molecule has 2 aromatic heterocycles. The first-order valence-electron chi connectivity index (χ1n) is 9.26. The van der Waals surface area contributed by atoms with Crippen molar-refractivity contribution in [1.82, 2.24) is 10.3 Å². The van der Waals surface area contributed by atoms with Gasteiger partial charge >= 0.3 is 5.89 Å². The lowest BCUT2D eigenvalue weighted by Gasteiger charge is -2.06. The van der Waals surface area contributed by atoms with Gasteiger partial charge in [0.05, 0.1) is 21.9 Å². The van der Waals surface area contributed by atoms with E-state index in [9.17, 15) is 17.8 Å². The van der Waals surface area contributed by atoms with E-state index in [1.54, 1.807) is 16.7 Å². The molecule has 4 aromatic rings. The topological polar surface area (TPSA) is 119 Å². The molecule has 0 saturated carbocycles. The molecule has 0 aliphatic rings. The van der Waals surface area contributed by atoms with Crippen LogP contribution < -0.4 is 9.88 Å². The van der Waals surface area contributed by atoms with Gasteiger partial charge in [-0.05, 0) is 18.2 Å². The molecule has 0 atom stereocenters. The van der Waals surface area contributed by atoms with Gasteiger partial charge in [0, 0.05) is 35.3 Å². The van der Waals surface area contributed by atoms with Crippen LogP contribution >= 0.6 is 0 Å². The Bertz CT molecular complexity index is 1350. The van der Waals surface area contributed by atoms with Gasteiger partial charge < -0.3 is 19.3 Å². The molecule has 1 amide bonds. The Morgan fingerprint density at radius 1 is 1.13 bits per heavy atom. The van der Waals surface area contributed by atoms with Gasteiger partial charge in [0.2, 0.25) is 12.1 Å². The molecule has 4 rings (SSSR count). The van der Waals surface area contributed by atoms with Crippen molar-refractivity contribution in [2.24, 2.45) is 0 Å². The normalized spacial score (nSPS) is 12.2. The maximum Gasteiger partial charge on any atom is 0.374 e. The van der Waals surface area contributed by atoms with Gasteiger partial charge in [-0.2, -0.15) is 0 Å². The van der Waals surface area contributed by atoms with Gasteiger partial charge in [-0.25, -0.2) is 8.42 Å². The summed E-state index contributed by atoms with van der Waals surface area (Å²) in [7, 11) is -4.38. The summed E-state index contributed by atoms with van der Waals surface area (Å²) in [6.07, 6.45) is 5.57. The first-order chi connectivity index (χ1) is 14.4. The largest absolute Gasteiger partial charge is 0.748 e. The van der Waals surface area contributed by atoms with Crippen LogP contribution in [-0.4, -0.2) is 36.2 Å². The molecule has 0 saturated heterocycles. The van der Waals surface area contributed by atoms with Crippen LogP contribution in [0.5, 0.6) is 0 Å². The van der Waals surface area contributed by atoms with E-state index in [4.69, 9.17) is 4.42 Å². The molecule has 0 aliphatic carbocycles. The van der Waals surface area contributed by atoms with E-state index in [0.717, 1.165) is 22.0 Å². The first kappa shape index (κ1) is 19.9. The van der Waals surface area contributed by atoms with Crippen molar-refractivity contribution < 1.29 is 26.7 Å². The van der Waals surface area contributed by atoms with E-state index in [2.05, 4.69) is 10.3 Å². The van der Waals surface area contributed by atoms with Gasteiger partial charge in [0.15, 0.2) is 0 Å². The zero-order valence-corrected chi connectivity index (χ0v) is 16.7. The molecule has 154 valence electrons. The quantitative estimate of drug-likeness (QED) is 0.347. The molecule has 9 heteroatoms. The number of aromatic nitrogens is 2. The standard InChI is InChI=1S/C21H19N3O5S/c25-20(22-11-12-30(26,27)28)14-24-18-7-3-4-8-19(18)29-21(24)10-9-15-13-23-17-6-2-1-5-16(15)17/h1-10,13H,11-12,14H2,(H2,22,25,26,27,28). The van der Waals surface area contributed by atoms with Gasteiger partial charge in [-0.15, -0.1) is 4.57 Å². The van der Waals surface area contributed by atoms with Crippen LogP contribution in [-0.2, 0) is 21.5 Å². The highest BCUT2D eigenvalue weighted by Gasteiger charge is 2.23. The summed E-state index contributed by atoms with van der Waals surface area (Å²) in [5.74, 6) is -0.604. The molecule has 0 unspecified atom stereocenters. The zero-order chi connectivity index (χ0) is 21.1. The van der Waals surface area contributed by atoms with Crippen LogP contribution in [0.25, 0.3) is 34.2 Å². The molecule has 0 radical (unpaired) electrons. The fourth-order valence-electron chi connectivity index (χ4n) is 3.25. The van der Waals surface area contributed by atoms with Crippen molar-refractivity contribution >= 4 is 50.2 Å². The highest BCUT2D eigenvalue weighted by Crippen LogP contribution is 2.21. The summed E-state index contributed by atoms with van der Waals surface area (Å²) in [4.78, 5) is 15.5. The summed E-state index contributed by atoms with van der Waals surface area (Å²) < 4.78 is 39.7. The summed E-state index contributed by atoms with van der Waals surface area (Å²) >= 11 is 0. The van der Waals surface area contributed by atoms with Crippen LogP contribution in [0, 0.1) is 0 Å². The number of hydrogen-bond acceptors (Lipinski definition) is 5. The number of carbonyl (C=O) groups is 1.